The van der Waals surface area contributed by atoms with Crippen LogP contribution in [0.25, 0.3) is 0 Å². The SMILES string of the molecule is CC(C)CN1CCN(C(=O)C2(C#N)CCCC2)CC1. The van der Waals surface area contributed by atoms with Crippen LogP contribution in [0.2, 0.25) is 0 Å². The van der Waals surface area contributed by atoms with E-state index in [0.717, 1.165) is 58.4 Å². The Bertz CT molecular complexity index is 358. The third kappa shape index (κ3) is 3.09. The summed E-state index contributed by atoms with van der Waals surface area (Å²) in [6, 6.07) is 2.31. The summed E-state index contributed by atoms with van der Waals surface area (Å²) >= 11 is 0. The van der Waals surface area contributed by atoms with Gasteiger partial charge in [0, 0.05) is 32.7 Å². The smallest absolute Gasteiger partial charge is 0.243 e. The van der Waals surface area contributed by atoms with Crippen molar-refractivity contribution in [3.63, 3.8) is 0 Å². The molecule has 2 rings (SSSR count). The fourth-order valence-electron chi connectivity index (χ4n) is 3.30. The fourth-order valence-corrected chi connectivity index (χ4v) is 3.30. The highest BCUT2D eigenvalue weighted by Gasteiger charge is 2.44. The maximum Gasteiger partial charge on any atom is 0.243 e. The molecule has 106 valence electrons. The first kappa shape index (κ1) is 14.3. The van der Waals surface area contributed by atoms with Crippen molar-refractivity contribution >= 4 is 5.91 Å². The third-order valence-electron chi connectivity index (χ3n) is 4.36. The van der Waals surface area contributed by atoms with E-state index in [2.05, 4.69) is 24.8 Å². The van der Waals surface area contributed by atoms with Crippen LogP contribution in [0.5, 0.6) is 0 Å². The molecule has 1 saturated heterocycles. The van der Waals surface area contributed by atoms with Crippen molar-refractivity contribution in [2.24, 2.45) is 11.3 Å². The van der Waals surface area contributed by atoms with Gasteiger partial charge in [0.1, 0.15) is 5.41 Å². The number of nitriles is 1. The highest BCUT2D eigenvalue weighted by Crippen LogP contribution is 2.39. The lowest BCUT2D eigenvalue weighted by molar-refractivity contribution is -0.140. The van der Waals surface area contributed by atoms with Crippen LogP contribution in [-0.2, 0) is 4.79 Å². The van der Waals surface area contributed by atoms with Crippen molar-refractivity contribution in [3.8, 4) is 6.07 Å². The molecule has 1 aliphatic heterocycles. The van der Waals surface area contributed by atoms with Crippen LogP contribution in [0.3, 0.4) is 0 Å². The zero-order valence-corrected chi connectivity index (χ0v) is 12.2. The number of nitrogens with zero attached hydrogens (tertiary/aromatic N) is 3. The number of amides is 1. The Morgan fingerprint density at radius 2 is 1.79 bits per heavy atom. The monoisotopic (exact) mass is 263 g/mol. The summed E-state index contributed by atoms with van der Waals surface area (Å²) in [6.45, 7) is 9.02. The molecule has 2 fully saturated rings. The van der Waals surface area contributed by atoms with Gasteiger partial charge in [-0.25, -0.2) is 0 Å². The lowest BCUT2D eigenvalue weighted by Crippen LogP contribution is -2.53. The Kier molecular flexibility index (Phi) is 4.46. The molecule has 1 heterocycles. The minimum absolute atomic E-state index is 0.0942. The summed E-state index contributed by atoms with van der Waals surface area (Å²) in [5.74, 6) is 0.763. The standard InChI is InChI=1S/C15H25N3O/c1-13(2)11-17-7-9-18(10-8-17)14(19)15(12-16)5-3-4-6-15/h13H,3-11H2,1-2H3. The Morgan fingerprint density at radius 1 is 1.21 bits per heavy atom. The second-order valence-electron chi connectivity index (χ2n) is 6.39. The quantitative estimate of drug-likeness (QED) is 0.781. The molecule has 0 aromatic rings. The Hall–Kier alpha value is -1.08. The molecular formula is C15H25N3O. The van der Waals surface area contributed by atoms with E-state index in [1.54, 1.807) is 0 Å². The molecule has 1 aliphatic carbocycles. The van der Waals surface area contributed by atoms with Gasteiger partial charge in [-0.2, -0.15) is 5.26 Å². The molecule has 0 atom stereocenters. The molecule has 0 aromatic heterocycles. The molecule has 19 heavy (non-hydrogen) atoms. The number of carbonyl (C=O) groups is 1. The summed E-state index contributed by atoms with van der Waals surface area (Å²) < 4.78 is 0. The van der Waals surface area contributed by atoms with E-state index < -0.39 is 5.41 Å². The number of piperazine rings is 1. The second kappa shape index (κ2) is 5.92. The first-order valence-corrected chi connectivity index (χ1v) is 7.50. The van der Waals surface area contributed by atoms with Crippen LogP contribution in [-0.4, -0.2) is 48.4 Å². The maximum atomic E-state index is 12.6. The zero-order chi connectivity index (χ0) is 13.9. The predicted molar refractivity (Wildman–Crippen MR) is 74.4 cm³/mol. The Balaban J connectivity index is 1.91. The molecule has 0 spiro atoms. The molecule has 0 aromatic carbocycles. The van der Waals surface area contributed by atoms with Crippen LogP contribution in [0, 0.1) is 22.7 Å². The van der Waals surface area contributed by atoms with Crippen molar-refractivity contribution in [2.75, 3.05) is 32.7 Å². The van der Waals surface area contributed by atoms with Gasteiger partial charge in [-0.1, -0.05) is 26.7 Å². The van der Waals surface area contributed by atoms with Crippen molar-refractivity contribution in [3.05, 3.63) is 0 Å². The van der Waals surface area contributed by atoms with Gasteiger partial charge in [0.2, 0.25) is 5.91 Å². The number of hydrogen-bond donors (Lipinski definition) is 0. The Labute approximate surface area is 116 Å². The first-order valence-electron chi connectivity index (χ1n) is 7.50. The average Bonchev–Trinajstić information content (AvgIpc) is 2.88. The van der Waals surface area contributed by atoms with Gasteiger partial charge >= 0.3 is 0 Å². The first-order chi connectivity index (χ1) is 9.07. The van der Waals surface area contributed by atoms with E-state index in [1.807, 2.05) is 4.90 Å². The molecule has 0 radical (unpaired) electrons. The average molecular weight is 263 g/mol. The van der Waals surface area contributed by atoms with Crippen LogP contribution in [0.4, 0.5) is 0 Å². The van der Waals surface area contributed by atoms with Gasteiger partial charge in [0.25, 0.3) is 0 Å². The molecule has 1 saturated carbocycles. The van der Waals surface area contributed by atoms with Gasteiger partial charge < -0.3 is 4.90 Å². The van der Waals surface area contributed by atoms with Crippen molar-refractivity contribution in [1.29, 1.82) is 5.26 Å². The van der Waals surface area contributed by atoms with Gasteiger partial charge in [-0.05, 0) is 18.8 Å². The summed E-state index contributed by atoms with van der Waals surface area (Å²) in [7, 11) is 0. The third-order valence-corrected chi connectivity index (χ3v) is 4.36. The lowest BCUT2D eigenvalue weighted by Gasteiger charge is -2.38. The normalized spacial score (nSPS) is 23.6. The molecule has 4 nitrogen and oxygen atoms in total. The molecular weight excluding hydrogens is 238 g/mol. The number of hydrogen-bond acceptors (Lipinski definition) is 3. The Morgan fingerprint density at radius 3 is 2.26 bits per heavy atom. The molecule has 1 amide bonds. The summed E-state index contributed by atoms with van der Waals surface area (Å²) in [6.07, 6.45) is 3.56. The largest absolute Gasteiger partial charge is 0.339 e. The summed E-state index contributed by atoms with van der Waals surface area (Å²) in [5, 5.41) is 9.38. The van der Waals surface area contributed by atoms with Gasteiger partial charge in [0.05, 0.1) is 6.07 Å². The van der Waals surface area contributed by atoms with E-state index in [9.17, 15) is 10.1 Å². The van der Waals surface area contributed by atoms with Crippen LogP contribution < -0.4 is 0 Å². The van der Waals surface area contributed by atoms with Gasteiger partial charge in [-0.3, -0.25) is 9.69 Å². The lowest BCUT2D eigenvalue weighted by atomic mass is 9.86. The van der Waals surface area contributed by atoms with Gasteiger partial charge in [0.15, 0.2) is 0 Å². The molecule has 0 unspecified atom stereocenters. The van der Waals surface area contributed by atoms with Gasteiger partial charge in [-0.15, -0.1) is 0 Å². The fraction of sp³-hybridized carbons (Fsp3) is 0.867. The predicted octanol–water partition coefficient (Wildman–Crippen LogP) is 1.87. The molecule has 2 aliphatic rings. The topological polar surface area (TPSA) is 47.3 Å². The highest BCUT2D eigenvalue weighted by atomic mass is 16.2. The highest BCUT2D eigenvalue weighted by molar-refractivity contribution is 5.86. The van der Waals surface area contributed by atoms with Crippen molar-refractivity contribution in [1.82, 2.24) is 9.80 Å². The van der Waals surface area contributed by atoms with E-state index >= 15 is 0 Å². The maximum absolute atomic E-state index is 12.6. The minimum Gasteiger partial charge on any atom is -0.339 e. The minimum atomic E-state index is -0.694. The second-order valence-corrected chi connectivity index (χ2v) is 6.39. The number of rotatable bonds is 3. The van der Waals surface area contributed by atoms with E-state index in [-0.39, 0.29) is 5.91 Å². The van der Waals surface area contributed by atoms with Crippen molar-refractivity contribution < 1.29 is 4.79 Å². The summed E-state index contributed by atoms with van der Waals surface area (Å²) in [5.41, 5.74) is -0.694. The van der Waals surface area contributed by atoms with Crippen molar-refractivity contribution in [2.45, 2.75) is 39.5 Å². The van der Waals surface area contributed by atoms with E-state index in [4.69, 9.17) is 0 Å². The van der Waals surface area contributed by atoms with E-state index in [1.165, 1.54) is 0 Å². The zero-order valence-electron chi connectivity index (χ0n) is 12.2. The van der Waals surface area contributed by atoms with Crippen LogP contribution in [0.15, 0.2) is 0 Å². The van der Waals surface area contributed by atoms with Crippen LogP contribution in [0.1, 0.15) is 39.5 Å². The van der Waals surface area contributed by atoms with Crippen LogP contribution >= 0.6 is 0 Å². The van der Waals surface area contributed by atoms with E-state index in [0.29, 0.717) is 5.92 Å². The number of carbonyl (C=O) groups excluding carboxylic acids is 1. The summed E-state index contributed by atoms with van der Waals surface area (Å²) in [4.78, 5) is 16.9. The molecule has 0 N–H and O–H groups in total. The molecule has 0 bridgehead atoms. The molecule has 4 heteroatoms.